The van der Waals surface area contributed by atoms with Gasteiger partial charge in [-0.25, -0.2) is 4.98 Å². The highest BCUT2D eigenvalue weighted by Crippen LogP contribution is 2.14. The smallest absolute Gasteiger partial charge is 0.297 e. The van der Waals surface area contributed by atoms with E-state index in [4.69, 9.17) is 16.3 Å². The van der Waals surface area contributed by atoms with E-state index >= 15 is 0 Å². The van der Waals surface area contributed by atoms with Crippen LogP contribution in [0.3, 0.4) is 0 Å². The van der Waals surface area contributed by atoms with Crippen molar-refractivity contribution in [2.24, 2.45) is 5.92 Å². The molecule has 0 bridgehead atoms. The minimum atomic E-state index is -0.471. The molecule has 19 heavy (non-hydrogen) atoms. The topological polar surface area (TPSA) is 73.2 Å². The Hall–Kier alpha value is -1.56. The summed E-state index contributed by atoms with van der Waals surface area (Å²) < 4.78 is 6.01. The molecule has 1 N–H and O–H groups in total. The van der Waals surface area contributed by atoms with Crippen LogP contribution in [0.5, 0.6) is 5.75 Å². The van der Waals surface area contributed by atoms with Gasteiger partial charge in [-0.2, -0.15) is 0 Å². The third-order valence-electron chi connectivity index (χ3n) is 2.51. The molecule has 1 amide bonds. The maximum Gasteiger partial charge on any atom is 0.297 e. The molecule has 0 aliphatic carbocycles. The zero-order valence-corrected chi connectivity index (χ0v) is 12.0. The first-order chi connectivity index (χ1) is 8.95. The minimum Gasteiger partial charge on any atom is -0.489 e. The minimum absolute atomic E-state index is 0.0102. The molecule has 0 radical (unpaired) electrons. The number of hydrogen-bond donors (Lipinski definition) is 1. The zero-order chi connectivity index (χ0) is 14.4. The zero-order valence-electron chi connectivity index (χ0n) is 11.3. The summed E-state index contributed by atoms with van der Waals surface area (Å²) in [4.78, 5) is 27.3. The molecular formula is C12H18ClN3O3. The number of rotatable bonds is 6. The van der Waals surface area contributed by atoms with Gasteiger partial charge in [0.1, 0.15) is 6.54 Å². The predicted molar refractivity (Wildman–Crippen MR) is 72.5 cm³/mol. The number of ether oxygens (including phenoxy) is 1. The maximum atomic E-state index is 11.9. The lowest BCUT2D eigenvalue weighted by Gasteiger charge is -2.09. The summed E-state index contributed by atoms with van der Waals surface area (Å²) in [5, 5.41) is 2.73. The van der Waals surface area contributed by atoms with E-state index in [1.807, 2.05) is 0 Å². The Morgan fingerprint density at radius 2 is 2.26 bits per heavy atom. The molecule has 0 spiro atoms. The van der Waals surface area contributed by atoms with Crippen LogP contribution in [0, 0.1) is 5.92 Å². The van der Waals surface area contributed by atoms with Crippen LogP contribution in [0.4, 0.5) is 0 Å². The summed E-state index contributed by atoms with van der Waals surface area (Å²) in [6.07, 6.45) is 2.12. The van der Waals surface area contributed by atoms with Gasteiger partial charge in [-0.1, -0.05) is 25.4 Å². The van der Waals surface area contributed by atoms with Gasteiger partial charge in [0.2, 0.25) is 11.7 Å². The second kappa shape index (κ2) is 7.13. The molecular weight excluding hydrogens is 270 g/mol. The third kappa shape index (κ3) is 4.55. The maximum absolute atomic E-state index is 11.9. The lowest BCUT2D eigenvalue weighted by molar-refractivity contribution is -0.121. The lowest BCUT2D eigenvalue weighted by atomic mass is 10.1. The van der Waals surface area contributed by atoms with Crippen LogP contribution in [-0.4, -0.2) is 29.1 Å². The van der Waals surface area contributed by atoms with Crippen molar-refractivity contribution < 1.29 is 9.53 Å². The van der Waals surface area contributed by atoms with E-state index in [0.29, 0.717) is 12.5 Å². The molecule has 1 rings (SSSR count). The molecule has 106 valence electrons. The Morgan fingerprint density at radius 1 is 1.58 bits per heavy atom. The van der Waals surface area contributed by atoms with Crippen LogP contribution < -0.4 is 15.6 Å². The van der Waals surface area contributed by atoms with Crippen LogP contribution in [0.15, 0.2) is 11.1 Å². The van der Waals surface area contributed by atoms with E-state index in [2.05, 4.69) is 24.1 Å². The van der Waals surface area contributed by atoms with E-state index in [-0.39, 0.29) is 23.4 Å². The van der Waals surface area contributed by atoms with Gasteiger partial charge >= 0.3 is 0 Å². The van der Waals surface area contributed by atoms with Crippen LogP contribution in [0.1, 0.15) is 20.3 Å². The molecule has 6 nitrogen and oxygen atoms in total. The second-order valence-electron chi connectivity index (χ2n) is 4.53. The fraction of sp³-hybridized carbons (Fsp3) is 0.583. The van der Waals surface area contributed by atoms with E-state index < -0.39 is 5.56 Å². The third-order valence-corrected chi connectivity index (χ3v) is 2.78. The predicted octanol–water partition coefficient (Wildman–Crippen LogP) is 1.07. The first-order valence-corrected chi connectivity index (χ1v) is 6.39. The number of nitrogens with one attached hydrogen (secondary N) is 1. The van der Waals surface area contributed by atoms with Gasteiger partial charge < -0.3 is 10.1 Å². The van der Waals surface area contributed by atoms with E-state index in [1.54, 1.807) is 0 Å². The van der Waals surface area contributed by atoms with Crippen LogP contribution in [0.25, 0.3) is 0 Å². The van der Waals surface area contributed by atoms with Crippen molar-refractivity contribution in [1.82, 2.24) is 14.9 Å². The van der Waals surface area contributed by atoms with Crippen molar-refractivity contribution in [3.05, 3.63) is 21.8 Å². The SMILES string of the molecule is COc1c(Cl)ncn(CC(=O)NCCC(C)C)c1=O. The van der Waals surface area contributed by atoms with Crippen molar-refractivity contribution in [1.29, 1.82) is 0 Å². The standard InChI is InChI=1S/C12H18ClN3O3/c1-8(2)4-5-14-9(17)6-16-7-15-11(13)10(19-3)12(16)18/h7-8H,4-6H2,1-3H3,(H,14,17). The second-order valence-corrected chi connectivity index (χ2v) is 4.89. The molecule has 0 atom stereocenters. The van der Waals surface area contributed by atoms with Gasteiger partial charge in [-0.05, 0) is 12.3 Å². The largest absolute Gasteiger partial charge is 0.489 e. The lowest BCUT2D eigenvalue weighted by Crippen LogP contribution is -2.33. The summed E-state index contributed by atoms with van der Waals surface area (Å²) in [5.74, 6) is 0.216. The van der Waals surface area contributed by atoms with Crippen LogP contribution >= 0.6 is 11.6 Å². The normalized spacial score (nSPS) is 10.6. The molecule has 0 fully saturated rings. The Balaban J connectivity index is 2.67. The van der Waals surface area contributed by atoms with Gasteiger partial charge in [0.25, 0.3) is 5.56 Å². The fourth-order valence-electron chi connectivity index (χ4n) is 1.45. The Kier molecular flexibility index (Phi) is 5.82. The molecule has 0 aliphatic heterocycles. The molecule has 1 aromatic heterocycles. The summed E-state index contributed by atoms with van der Waals surface area (Å²) >= 11 is 5.71. The van der Waals surface area contributed by atoms with Crippen LogP contribution in [0.2, 0.25) is 5.15 Å². The number of aromatic nitrogens is 2. The molecule has 0 saturated carbocycles. The molecule has 1 aromatic rings. The Bertz CT molecular complexity index is 499. The molecule has 0 saturated heterocycles. The molecule has 7 heteroatoms. The van der Waals surface area contributed by atoms with Gasteiger partial charge in [-0.3, -0.25) is 14.2 Å². The number of methoxy groups -OCH3 is 1. The first-order valence-electron chi connectivity index (χ1n) is 6.01. The van der Waals surface area contributed by atoms with E-state index in [1.165, 1.54) is 13.4 Å². The Morgan fingerprint density at radius 3 is 2.84 bits per heavy atom. The number of amides is 1. The summed E-state index contributed by atoms with van der Waals surface area (Å²) in [6, 6.07) is 0. The molecule has 0 aliphatic rings. The van der Waals surface area contributed by atoms with Gasteiger partial charge in [0.05, 0.1) is 13.4 Å². The average Bonchev–Trinajstić information content (AvgIpc) is 2.33. The van der Waals surface area contributed by atoms with Crippen molar-refractivity contribution in [2.45, 2.75) is 26.8 Å². The monoisotopic (exact) mass is 287 g/mol. The quantitative estimate of drug-likeness (QED) is 0.794. The highest BCUT2D eigenvalue weighted by Gasteiger charge is 2.12. The summed E-state index contributed by atoms with van der Waals surface area (Å²) in [6.45, 7) is 4.64. The number of carbonyl (C=O) groups excluding carboxylic acids is 1. The van der Waals surface area contributed by atoms with Crippen molar-refractivity contribution >= 4 is 17.5 Å². The highest BCUT2D eigenvalue weighted by atomic mass is 35.5. The van der Waals surface area contributed by atoms with Crippen molar-refractivity contribution in [2.75, 3.05) is 13.7 Å². The highest BCUT2D eigenvalue weighted by molar-refractivity contribution is 6.30. The van der Waals surface area contributed by atoms with Gasteiger partial charge in [0, 0.05) is 6.54 Å². The number of nitrogens with zero attached hydrogens (tertiary/aromatic N) is 2. The summed E-state index contributed by atoms with van der Waals surface area (Å²) in [7, 11) is 1.33. The van der Waals surface area contributed by atoms with Crippen LogP contribution in [-0.2, 0) is 11.3 Å². The van der Waals surface area contributed by atoms with E-state index in [9.17, 15) is 9.59 Å². The Labute approximate surface area is 116 Å². The average molecular weight is 288 g/mol. The number of carbonyl (C=O) groups is 1. The molecule has 0 aromatic carbocycles. The molecule has 1 heterocycles. The van der Waals surface area contributed by atoms with Gasteiger partial charge in [-0.15, -0.1) is 0 Å². The number of hydrogen-bond acceptors (Lipinski definition) is 4. The van der Waals surface area contributed by atoms with Crippen molar-refractivity contribution in [3.8, 4) is 5.75 Å². The molecule has 0 unspecified atom stereocenters. The van der Waals surface area contributed by atoms with Gasteiger partial charge in [0.15, 0.2) is 5.15 Å². The summed E-state index contributed by atoms with van der Waals surface area (Å²) in [5.41, 5.74) is -0.471. The van der Waals surface area contributed by atoms with E-state index in [0.717, 1.165) is 11.0 Å². The van der Waals surface area contributed by atoms with Crippen molar-refractivity contribution in [3.63, 3.8) is 0 Å². The fourth-order valence-corrected chi connectivity index (χ4v) is 1.65. The number of halogens is 1. The first kappa shape index (κ1) is 15.5.